The van der Waals surface area contributed by atoms with Crippen molar-refractivity contribution < 1.29 is 9.53 Å². The van der Waals surface area contributed by atoms with Crippen molar-refractivity contribution in [3.8, 4) is 11.8 Å². The number of nitrogens with one attached hydrogen (secondary N) is 1. The van der Waals surface area contributed by atoms with Crippen LogP contribution in [-0.4, -0.2) is 11.9 Å². The first-order valence-electron chi connectivity index (χ1n) is 7.98. The number of amides is 1. The molecule has 2 aromatic carbocycles. The summed E-state index contributed by atoms with van der Waals surface area (Å²) in [6, 6.07) is 15.5. The molecule has 134 valence electrons. The molecule has 0 heterocycles. The molecule has 0 fully saturated rings. The minimum Gasteiger partial charge on any atom is -0.488 e. The summed E-state index contributed by atoms with van der Waals surface area (Å²) < 4.78 is 7.78. The maximum absolute atomic E-state index is 12.0. The van der Waals surface area contributed by atoms with Gasteiger partial charge in [0.25, 0.3) is 5.91 Å². The van der Waals surface area contributed by atoms with Crippen LogP contribution in [0.15, 0.2) is 52.5 Å². The fourth-order valence-corrected chi connectivity index (χ4v) is 2.99. The highest BCUT2D eigenvalue weighted by atomic mass is 127. The first-order chi connectivity index (χ1) is 12.4. The van der Waals surface area contributed by atoms with Gasteiger partial charge in [0.15, 0.2) is 0 Å². The molecule has 1 amide bonds. The van der Waals surface area contributed by atoms with Crippen molar-refractivity contribution in [1.29, 1.82) is 5.26 Å². The van der Waals surface area contributed by atoms with Crippen molar-refractivity contribution in [3.63, 3.8) is 0 Å². The van der Waals surface area contributed by atoms with Crippen molar-refractivity contribution in [1.82, 2.24) is 5.32 Å². The van der Waals surface area contributed by atoms with Gasteiger partial charge in [-0.25, -0.2) is 0 Å². The standard InChI is InChI=1S/C20H18BrIN2O2/c1-13(2)24-20(25)16(11-23)9-15-5-8-19(18(21)10-15)26-12-14-3-6-17(22)7-4-14/h3-10,13H,12H2,1-2H3,(H,24,25)/b16-9-. The highest BCUT2D eigenvalue weighted by Crippen LogP contribution is 2.28. The Morgan fingerprint density at radius 1 is 1.31 bits per heavy atom. The highest BCUT2D eigenvalue weighted by molar-refractivity contribution is 14.1. The van der Waals surface area contributed by atoms with Crippen molar-refractivity contribution in [2.45, 2.75) is 26.5 Å². The molecule has 0 aromatic heterocycles. The van der Waals surface area contributed by atoms with E-state index in [0.717, 1.165) is 15.6 Å². The molecule has 2 rings (SSSR count). The molecular formula is C20H18BrIN2O2. The summed E-state index contributed by atoms with van der Waals surface area (Å²) in [4.78, 5) is 12.0. The number of nitrogens with zero attached hydrogens (tertiary/aromatic N) is 1. The largest absolute Gasteiger partial charge is 0.488 e. The molecule has 2 aromatic rings. The van der Waals surface area contributed by atoms with Crippen LogP contribution in [0.2, 0.25) is 0 Å². The quantitative estimate of drug-likeness (QED) is 0.326. The fourth-order valence-electron chi connectivity index (χ4n) is 2.12. The van der Waals surface area contributed by atoms with E-state index in [1.54, 1.807) is 6.08 Å². The van der Waals surface area contributed by atoms with Gasteiger partial charge in [-0.2, -0.15) is 5.26 Å². The van der Waals surface area contributed by atoms with Gasteiger partial charge >= 0.3 is 0 Å². The lowest BCUT2D eigenvalue weighted by Crippen LogP contribution is -2.30. The van der Waals surface area contributed by atoms with Crippen LogP contribution in [-0.2, 0) is 11.4 Å². The molecule has 0 spiro atoms. The SMILES string of the molecule is CC(C)NC(=O)/C(C#N)=C\c1ccc(OCc2ccc(I)cc2)c(Br)c1. The Labute approximate surface area is 175 Å². The van der Waals surface area contributed by atoms with Crippen LogP contribution in [0.25, 0.3) is 6.08 Å². The van der Waals surface area contributed by atoms with E-state index in [1.165, 1.54) is 3.57 Å². The number of carbonyl (C=O) groups excluding carboxylic acids is 1. The summed E-state index contributed by atoms with van der Waals surface area (Å²) in [6.07, 6.45) is 1.56. The van der Waals surface area contributed by atoms with Gasteiger partial charge in [-0.3, -0.25) is 4.79 Å². The van der Waals surface area contributed by atoms with E-state index >= 15 is 0 Å². The Morgan fingerprint density at radius 2 is 2.00 bits per heavy atom. The van der Waals surface area contributed by atoms with Crippen LogP contribution in [0.4, 0.5) is 0 Å². The molecule has 4 nitrogen and oxygen atoms in total. The topological polar surface area (TPSA) is 62.1 Å². The Hall–Kier alpha value is -1.85. The second-order valence-corrected chi connectivity index (χ2v) is 8.00. The van der Waals surface area contributed by atoms with Crippen molar-refractivity contribution in [2.24, 2.45) is 0 Å². The third-order valence-electron chi connectivity index (χ3n) is 3.36. The lowest BCUT2D eigenvalue weighted by atomic mass is 10.1. The molecule has 0 bridgehead atoms. The zero-order valence-corrected chi connectivity index (χ0v) is 18.2. The zero-order valence-electron chi connectivity index (χ0n) is 14.4. The molecule has 0 aliphatic carbocycles. The Morgan fingerprint density at radius 3 is 2.58 bits per heavy atom. The van der Waals surface area contributed by atoms with E-state index in [4.69, 9.17) is 4.74 Å². The molecule has 0 aliphatic rings. The molecule has 0 aliphatic heterocycles. The second-order valence-electron chi connectivity index (χ2n) is 5.90. The maximum atomic E-state index is 12.0. The van der Waals surface area contributed by atoms with E-state index in [-0.39, 0.29) is 17.5 Å². The normalized spacial score (nSPS) is 11.2. The fraction of sp³-hybridized carbons (Fsp3) is 0.200. The minimum absolute atomic E-state index is 0.0250. The van der Waals surface area contributed by atoms with Gasteiger partial charge in [0.1, 0.15) is 24.0 Å². The summed E-state index contributed by atoms with van der Waals surface area (Å²) >= 11 is 5.75. The van der Waals surface area contributed by atoms with Crippen LogP contribution >= 0.6 is 38.5 Å². The Bertz CT molecular complexity index is 855. The number of nitriles is 1. The van der Waals surface area contributed by atoms with Gasteiger partial charge in [-0.15, -0.1) is 0 Å². The first kappa shape index (κ1) is 20.5. The lowest BCUT2D eigenvalue weighted by molar-refractivity contribution is -0.117. The number of hydrogen-bond acceptors (Lipinski definition) is 3. The predicted molar refractivity (Wildman–Crippen MR) is 115 cm³/mol. The molecule has 0 radical (unpaired) electrons. The molecule has 0 unspecified atom stereocenters. The minimum atomic E-state index is -0.377. The number of halogens is 2. The lowest BCUT2D eigenvalue weighted by Gasteiger charge is -2.10. The van der Waals surface area contributed by atoms with Crippen LogP contribution < -0.4 is 10.1 Å². The van der Waals surface area contributed by atoms with E-state index < -0.39 is 0 Å². The number of ether oxygens (including phenoxy) is 1. The van der Waals surface area contributed by atoms with Gasteiger partial charge in [0, 0.05) is 9.61 Å². The third-order valence-corrected chi connectivity index (χ3v) is 4.70. The van der Waals surface area contributed by atoms with Gasteiger partial charge in [-0.05, 0) is 93.8 Å². The van der Waals surface area contributed by atoms with Gasteiger partial charge in [0.05, 0.1) is 4.47 Å². The zero-order chi connectivity index (χ0) is 19.1. The molecule has 0 saturated carbocycles. The number of hydrogen-bond donors (Lipinski definition) is 1. The predicted octanol–water partition coefficient (Wildman–Crippen LogP) is 5.06. The smallest absolute Gasteiger partial charge is 0.262 e. The van der Waals surface area contributed by atoms with Crippen LogP contribution in [0, 0.1) is 14.9 Å². The Balaban J connectivity index is 2.10. The molecule has 26 heavy (non-hydrogen) atoms. The van der Waals surface area contributed by atoms with Gasteiger partial charge in [0.2, 0.25) is 0 Å². The molecule has 1 N–H and O–H groups in total. The highest BCUT2D eigenvalue weighted by Gasteiger charge is 2.11. The number of carbonyl (C=O) groups is 1. The summed E-state index contributed by atoms with van der Waals surface area (Å²) in [7, 11) is 0. The van der Waals surface area contributed by atoms with Gasteiger partial charge in [-0.1, -0.05) is 18.2 Å². The Kier molecular flexibility index (Phi) is 7.66. The summed E-state index contributed by atoms with van der Waals surface area (Å²) in [5.41, 5.74) is 1.89. The molecular weight excluding hydrogens is 507 g/mol. The third kappa shape index (κ3) is 6.15. The average molecular weight is 525 g/mol. The first-order valence-corrected chi connectivity index (χ1v) is 9.85. The summed E-state index contributed by atoms with van der Waals surface area (Å²) in [6.45, 7) is 4.16. The van der Waals surface area contributed by atoms with Crippen LogP contribution in [0.1, 0.15) is 25.0 Å². The van der Waals surface area contributed by atoms with Crippen LogP contribution in [0.5, 0.6) is 5.75 Å². The maximum Gasteiger partial charge on any atom is 0.262 e. The van der Waals surface area contributed by atoms with Crippen LogP contribution in [0.3, 0.4) is 0 Å². The second kappa shape index (κ2) is 9.74. The summed E-state index contributed by atoms with van der Waals surface area (Å²) in [5, 5.41) is 11.9. The van der Waals surface area contributed by atoms with Crippen molar-refractivity contribution in [3.05, 3.63) is 67.2 Å². The molecule has 0 atom stereocenters. The monoisotopic (exact) mass is 524 g/mol. The van der Waals surface area contributed by atoms with E-state index in [0.29, 0.717) is 12.4 Å². The van der Waals surface area contributed by atoms with Crippen molar-refractivity contribution in [2.75, 3.05) is 0 Å². The van der Waals surface area contributed by atoms with E-state index in [1.807, 2.05) is 62.4 Å². The molecule has 6 heteroatoms. The summed E-state index contributed by atoms with van der Waals surface area (Å²) in [5.74, 6) is 0.323. The van der Waals surface area contributed by atoms with Crippen molar-refractivity contribution >= 4 is 50.5 Å². The number of benzene rings is 2. The number of rotatable bonds is 6. The van der Waals surface area contributed by atoms with E-state index in [9.17, 15) is 10.1 Å². The van der Waals surface area contributed by atoms with Gasteiger partial charge < -0.3 is 10.1 Å². The average Bonchev–Trinajstić information content (AvgIpc) is 2.59. The van der Waals surface area contributed by atoms with E-state index in [2.05, 4.69) is 43.8 Å². The molecule has 0 saturated heterocycles.